The molecule has 0 spiro atoms. The van der Waals surface area contributed by atoms with Crippen molar-refractivity contribution in [2.75, 3.05) is 5.32 Å². The number of hydrogen-bond acceptors (Lipinski definition) is 4. The highest BCUT2D eigenvalue weighted by molar-refractivity contribution is 8.00. The highest BCUT2D eigenvalue weighted by Crippen LogP contribution is 2.26. The number of para-hydroxylation sites is 2. The number of carbonyl (C=O) groups is 1. The topological polar surface area (TPSA) is 64.0 Å². The van der Waals surface area contributed by atoms with Gasteiger partial charge in [0.05, 0.1) is 16.2 Å². The first-order chi connectivity index (χ1) is 13.0. The lowest BCUT2D eigenvalue weighted by Gasteiger charge is -2.20. The van der Waals surface area contributed by atoms with Crippen LogP contribution in [0.15, 0.2) is 64.5 Å². The highest BCUT2D eigenvalue weighted by atomic mass is 32.2. The first-order valence-electron chi connectivity index (χ1n) is 9.05. The molecule has 2 aromatic carbocycles. The summed E-state index contributed by atoms with van der Waals surface area (Å²) < 4.78 is 1.71. The lowest BCUT2D eigenvalue weighted by molar-refractivity contribution is -0.115. The van der Waals surface area contributed by atoms with Crippen LogP contribution in [0, 0.1) is 0 Å². The maximum absolute atomic E-state index is 13.0. The Labute approximate surface area is 162 Å². The van der Waals surface area contributed by atoms with Crippen LogP contribution in [0.1, 0.15) is 33.2 Å². The molecule has 27 heavy (non-hydrogen) atoms. The van der Waals surface area contributed by atoms with Crippen molar-refractivity contribution in [1.29, 1.82) is 0 Å². The molecule has 0 aliphatic heterocycles. The Morgan fingerprint density at radius 3 is 2.48 bits per heavy atom. The Hall–Kier alpha value is -2.60. The third kappa shape index (κ3) is 4.22. The van der Waals surface area contributed by atoms with Gasteiger partial charge in [-0.1, -0.05) is 49.0 Å². The van der Waals surface area contributed by atoms with E-state index in [1.54, 1.807) is 10.6 Å². The molecule has 1 aromatic heterocycles. The number of amides is 1. The van der Waals surface area contributed by atoms with Crippen LogP contribution < -0.4 is 10.9 Å². The van der Waals surface area contributed by atoms with Crippen LogP contribution in [0.5, 0.6) is 0 Å². The number of fused-ring (bicyclic) bond motifs is 1. The summed E-state index contributed by atoms with van der Waals surface area (Å²) in [4.78, 5) is 30.3. The number of nitrogens with one attached hydrogen (secondary N) is 1. The number of nitrogens with zero attached hydrogens (tertiary/aromatic N) is 2. The third-order valence-electron chi connectivity index (χ3n) is 4.50. The van der Waals surface area contributed by atoms with E-state index in [-0.39, 0.29) is 17.5 Å². The zero-order valence-electron chi connectivity index (χ0n) is 15.7. The van der Waals surface area contributed by atoms with Gasteiger partial charge in [-0.2, -0.15) is 0 Å². The molecular weight excluding hydrogens is 358 g/mol. The molecule has 0 fully saturated rings. The summed E-state index contributed by atoms with van der Waals surface area (Å²) in [6, 6.07) is 16.7. The lowest BCUT2D eigenvalue weighted by Crippen LogP contribution is -2.28. The average Bonchev–Trinajstić information content (AvgIpc) is 2.68. The maximum atomic E-state index is 13.0. The van der Waals surface area contributed by atoms with Gasteiger partial charge in [-0.05, 0) is 44.5 Å². The molecule has 0 bridgehead atoms. The largest absolute Gasteiger partial charge is 0.325 e. The molecule has 5 nitrogen and oxygen atoms in total. The van der Waals surface area contributed by atoms with Crippen LogP contribution in [0.2, 0.25) is 0 Å². The number of carbonyl (C=O) groups excluding carboxylic acids is 1. The second-order valence-electron chi connectivity index (χ2n) is 6.46. The fourth-order valence-electron chi connectivity index (χ4n) is 2.76. The predicted octanol–water partition coefficient (Wildman–Crippen LogP) is 4.49. The summed E-state index contributed by atoms with van der Waals surface area (Å²) in [6.45, 7) is 5.86. The summed E-state index contributed by atoms with van der Waals surface area (Å²) in [5.41, 5.74) is 1.34. The lowest BCUT2D eigenvalue weighted by atomic mass is 10.2. The van der Waals surface area contributed by atoms with E-state index >= 15 is 0 Å². The SMILES string of the molecule is CCC(C)n1c(SC(C)C(=O)Nc2ccccc2)nc2ccccc2c1=O. The minimum absolute atomic E-state index is 0.00138. The molecule has 1 heterocycles. The minimum Gasteiger partial charge on any atom is -0.325 e. The smallest absolute Gasteiger partial charge is 0.262 e. The molecule has 0 aliphatic carbocycles. The van der Waals surface area contributed by atoms with Gasteiger partial charge in [-0.15, -0.1) is 0 Å². The van der Waals surface area contributed by atoms with Crippen molar-refractivity contribution in [3.63, 3.8) is 0 Å². The van der Waals surface area contributed by atoms with Crippen molar-refractivity contribution in [3.05, 3.63) is 65.0 Å². The second-order valence-corrected chi connectivity index (χ2v) is 7.77. The number of aromatic nitrogens is 2. The van der Waals surface area contributed by atoms with Crippen molar-refractivity contribution >= 4 is 34.3 Å². The molecule has 0 saturated carbocycles. The molecular formula is C21H23N3O2S. The Balaban J connectivity index is 1.93. The monoisotopic (exact) mass is 381 g/mol. The quantitative estimate of drug-likeness (QED) is 0.505. The van der Waals surface area contributed by atoms with Crippen molar-refractivity contribution in [2.24, 2.45) is 0 Å². The first kappa shape index (κ1) is 19.2. The van der Waals surface area contributed by atoms with Gasteiger partial charge in [0.1, 0.15) is 0 Å². The standard InChI is InChI=1S/C21H23N3O2S/c1-4-14(2)24-20(26)17-12-8-9-13-18(17)23-21(24)27-15(3)19(25)22-16-10-6-5-7-11-16/h5-15H,4H2,1-3H3,(H,22,25). The number of benzene rings is 2. The second kappa shape index (κ2) is 8.39. The Morgan fingerprint density at radius 1 is 1.11 bits per heavy atom. The van der Waals surface area contributed by atoms with E-state index in [4.69, 9.17) is 0 Å². The van der Waals surface area contributed by atoms with Crippen LogP contribution >= 0.6 is 11.8 Å². The fraction of sp³-hybridized carbons (Fsp3) is 0.286. The van der Waals surface area contributed by atoms with Gasteiger partial charge in [0.25, 0.3) is 5.56 Å². The summed E-state index contributed by atoms with van der Waals surface area (Å²) >= 11 is 1.31. The third-order valence-corrected chi connectivity index (χ3v) is 5.57. The Bertz CT molecular complexity index is 1000. The van der Waals surface area contributed by atoms with Crippen molar-refractivity contribution in [2.45, 2.75) is 43.6 Å². The molecule has 0 radical (unpaired) electrons. The number of thioether (sulfide) groups is 1. The minimum atomic E-state index is -0.395. The summed E-state index contributed by atoms with van der Waals surface area (Å²) in [6.07, 6.45) is 0.804. The number of hydrogen-bond donors (Lipinski definition) is 1. The molecule has 0 saturated heterocycles. The van der Waals surface area contributed by atoms with E-state index in [0.29, 0.717) is 16.1 Å². The van der Waals surface area contributed by atoms with Gasteiger partial charge in [0, 0.05) is 11.7 Å². The summed E-state index contributed by atoms with van der Waals surface area (Å²) in [7, 11) is 0. The van der Waals surface area contributed by atoms with E-state index in [9.17, 15) is 9.59 Å². The zero-order chi connectivity index (χ0) is 19.4. The molecule has 6 heteroatoms. The van der Waals surface area contributed by atoms with E-state index < -0.39 is 5.25 Å². The van der Waals surface area contributed by atoms with E-state index in [2.05, 4.69) is 10.3 Å². The number of anilines is 1. The van der Waals surface area contributed by atoms with Gasteiger partial charge in [-0.25, -0.2) is 4.98 Å². The molecule has 0 aliphatic rings. The van der Waals surface area contributed by atoms with Crippen molar-refractivity contribution < 1.29 is 4.79 Å². The van der Waals surface area contributed by atoms with Crippen LogP contribution in [0.25, 0.3) is 10.9 Å². The van der Waals surface area contributed by atoms with E-state index in [0.717, 1.165) is 12.1 Å². The fourth-order valence-corrected chi connectivity index (χ4v) is 3.77. The highest BCUT2D eigenvalue weighted by Gasteiger charge is 2.21. The van der Waals surface area contributed by atoms with Crippen molar-refractivity contribution in [3.8, 4) is 0 Å². The molecule has 1 amide bonds. The summed E-state index contributed by atoms with van der Waals surface area (Å²) in [5, 5.41) is 3.68. The molecule has 140 valence electrons. The molecule has 1 N–H and O–H groups in total. The normalized spacial score (nSPS) is 13.3. The van der Waals surface area contributed by atoms with Crippen LogP contribution in [-0.4, -0.2) is 20.7 Å². The molecule has 3 rings (SSSR count). The first-order valence-corrected chi connectivity index (χ1v) is 9.93. The maximum Gasteiger partial charge on any atom is 0.262 e. The molecule has 2 atom stereocenters. The van der Waals surface area contributed by atoms with Gasteiger partial charge in [0.15, 0.2) is 5.16 Å². The predicted molar refractivity (Wildman–Crippen MR) is 111 cm³/mol. The van der Waals surface area contributed by atoms with Crippen LogP contribution in [0.3, 0.4) is 0 Å². The van der Waals surface area contributed by atoms with Gasteiger partial charge in [-0.3, -0.25) is 14.2 Å². The van der Waals surface area contributed by atoms with Crippen LogP contribution in [-0.2, 0) is 4.79 Å². The Kier molecular flexibility index (Phi) is 5.96. The van der Waals surface area contributed by atoms with Crippen molar-refractivity contribution in [1.82, 2.24) is 9.55 Å². The van der Waals surface area contributed by atoms with E-state index in [1.807, 2.05) is 69.3 Å². The van der Waals surface area contributed by atoms with Gasteiger partial charge < -0.3 is 5.32 Å². The van der Waals surface area contributed by atoms with E-state index in [1.165, 1.54) is 11.8 Å². The average molecular weight is 382 g/mol. The van der Waals surface area contributed by atoms with Crippen LogP contribution in [0.4, 0.5) is 5.69 Å². The van der Waals surface area contributed by atoms with Gasteiger partial charge in [0.2, 0.25) is 5.91 Å². The molecule has 2 unspecified atom stereocenters. The molecule has 3 aromatic rings. The summed E-state index contributed by atoms with van der Waals surface area (Å²) in [5.74, 6) is -0.121. The Morgan fingerprint density at radius 2 is 1.78 bits per heavy atom. The number of rotatable bonds is 6. The van der Waals surface area contributed by atoms with Gasteiger partial charge >= 0.3 is 0 Å². The zero-order valence-corrected chi connectivity index (χ0v) is 16.5.